The molecule has 1 aromatic carbocycles. The standard InChI is InChI=1S/C29H32N8O3/c38-29(39)32-21-5-3-20(4-6-21)26-33-27(36-17-23-7-8-24(18-36)40-23)25-15-31-37(28(25)34-26)22-9-12-35(13-10-22)16-19-2-1-11-30-14-19/h1-6,11,14-15,22-24,32H,7-10,12-13,16-18H2,(H,38,39). The summed E-state index contributed by atoms with van der Waals surface area (Å²) in [7, 11) is 0. The number of anilines is 2. The zero-order chi connectivity index (χ0) is 27.1. The first-order valence-electron chi connectivity index (χ1n) is 14.0. The van der Waals surface area contributed by atoms with Crippen molar-refractivity contribution in [1.29, 1.82) is 0 Å². The first kappa shape index (κ1) is 24.9. The van der Waals surface area contributed by atoms with Crippen LogP contribution >= 0.6 is 0 Å². The molecule has 40 heavy (non-hydrogen) atoms. The van der Waals surface area contributed by atoms with E-state index in [0.29, 0.717) is 11.5 Å². The summed E-state index contributed by atoms with van der Waals surface area (Å²) in [6.07, 6.45) is 9.18. The Morgan fingerprint density at radius 2 is 1.77 bits per heavy atom. The number of morpholine rings is 1. The lowest BCUT2D eigenvalue weighted by atomic mass is 10.0. The van der Waals surface area contributed by atoms with Gasteiger partial charge in [-0.15, -0.1) is 0 Å². The smallest absolute Gasteiger partial charge is 0.409 e. The summed E-state index contributed by atoms with van der Waals surface area (Å²) < 4.78 is 8.20. The van der Waals surface area contributed by atoms with Crippen molar-refractivity contribution < 1.29 is 14.6 Å². The third-order valence-electron chi connectivity index (χ3n) is 8.20. The molecule has 206 valence electrons. The van der Waals surface area contributed by atoms with Gasteiger partial charge in [0.2, 0.25) is 0 Å². The number of hydrogen-bond acceptors (Lipinski definition) is 8. The van der Waals surface area contributed by atoms with Crippen LogP contribution in [0.2, 0.25) is 0 Å². The Labute approximate surface area is 231 Å². The van der Waals surface area contributed by atoms with Gasteiger partial charge in [-0.2, -0.15) is 5.10 Å². The van der Waals surface area contributed by atoms with Gasteiger partial charge in [0.25, 0.3) is 0 Å². The lowest BCUT2D eigenvalue weighted by Gasteiger charge is -2.33. The van der Waals surface area contributed by atoms with Crippen molar-refractivity contribution in [2.24, 2.45) is 0 Å². The third-order valence-corrected chi connectivity index (χ3v) is 8.20. The van der Waals surface area contributed by atoms with Gasteiger partial charge in [0.1, 0.15) is 5.82 Å². The number of hydrogen-bond donors (Lipinski definition) is 2. The van der Waals surface area contributed by atoms with Crippen LogP contribution in [0, 0.1) is 0 Å². The minimum atomic E-state index is -1.09. The van der Waals surface area contributed by atoms with Gasteiger partial charge < -0.3 is 14.7 Å². The summed E-state index contributed by atoms with van der Waals surface area (Å²) in [6, 6.07) is 11.6. The second kappa shape index (κ2) is 10.5. The maximum absolute atomic E-state index is 11.1. The number of ether oxygens (including phenoxy) is 1. The molecule has 0 aliphatic carbocycles. The highest BCUT2D eigenvalue weighted by molar-refractivity contribution is 5.89. The van der Waals surface area contributed by atoms with Gasteiger partial charge >= 0.3 is 6.09 Å². The van der Waals surface area contributed by atoms with Crippen molar-refractivity contribution in [3.8, 4) is 11.4 Å². The molecule has 3 aromatic heterocycles. The number of nitrogens with one attached hydrogen (secondary N) is 1. The molecule has 3 saturated heterocycles. The molecular weight excluding hydrogens is 508 g/mol. The number of aromatic nitrogens is 5. The number of carbonyl (C=O) groups is 1. The van der Waals surface area contributed by atoms with Crippen LogP contribution in [0.4, 0.5) is 16.3 Å². The SMILES string of the molecule is O=C(O)Nc1ccc(-c2nc(N3CC4CCC(C3)O4)c3cnn(C4CCN(Cc5cccnc5)CC4)c3n2)cc1. The van der Waals surface area contributed by atoms with E-state index < -0.39 is 6.09 Å². The molecule has 4 aromatic rings. The average molecular weight is 541 g/mol. The number of amides is 1. The van der Waals surface area contributed by atoms with Gasteiger partial charge in [0.05, 0.1) is 29.8 Å². The van der Waals surface area contributed by atoms with Crippen LogP contribution in [0.1, 0.15) is 37.3 Å². The fourth-order valence-electron chi connectivity index (χ4n) is 6.23. The van der Waals surface area contributed by atoms with Crippen molar-refractivity contribution in [3.05, 3.63) is 60.6 Å². The monoisotopic (exact) mass is 540 g/mol. The normalized spacial score (nSPS) is 21.6. The summed E-state index contributed by atoms with van der Waals surface area (Å²) in [6.45, 7) is 4.49. The Morgan fingerprint density at radius 1 is 1.00 bits per heavy atom. The number of carboxylic acid groups (broad SMARTS) is 1. The third kappa shape index (κ3) is 4.98. The number of fused-ring (bicyclic) bond motifs is 3. The molecule has 6 heterocycles. The van der Waals surface area contributed by atoms with E-state index in [1.807, 2.05) is 36.8 Å². The van der Waals surface area contributed by atoms with Gasteiger partial charge in [0.15, 0.2) is 11.5 Å². The van der Waals surface area contributed by atoms with Crippen LogP contribution in [-0.2, 0) is 11.3 Å². The molecule has 7 rings (SSSR count). The number of likely N-dealkylation sites (tertiary alicyclic amines) is 1. The Kier molecular flexibility index (Phi) is 6.52. The lowest BCUT2D eigenvalue weighted by molar-refractivity contribution is 0.0303. The molecule has 3 aliphatic heterocycles. The van der Waals surface area contributed by atoms with Gasteiger partial charge in [0, 0.05) is 56.4 Å². The molecule has 11 nitrogen and oxygen atoms in total. The first-order chi connectivity index (χ1) is 19.6. The van der Waals surface area contributed by atoms with Crippen LogP contribution in [0.25, 0.3) is 22.4 Å². The number of benzene rings is 1. The Morgan fingerprint density at radius 3 is 2.48 bits per heavy atom. The predicted molar refractivity (Wildman–Crippen MR) is 150 cm³/mol. The van der Waals surface area contributed by atoms with E-state index in [-0.39, 0.29) is 18.2 Å². The van der Waals surface area contributed by atoms with E-state index in [4.69, 9.17) is 24.9 Å². The van der Waals surface area contributed by atoms with Crippen molar-refractivity contribution in [2.45, 2.75) is 50.5 Å². The number of nitrogens with zero attached hydrogens (tertiary/aromatic N) is 7. The first-order valence-corrected chi connectivity index (χ1v) is 14.0. The van der Waals surface area contributed by atoms with Crippen molar-refractivity contribution >= 4 is 28.6 Å². The van der Waals surface area contributed by atoms with Crippen LogP contribution in [0.15, 0.2) is 55.0 Å². The van der Waals surface area contributed by atoms with E-state index in [0.717, 1.165) is 80.8 Å². The molecule has 0 saturated carbocycles. The highest BCUT2D eigenvalue weighted by Gasteiger charge is 2.36. The van der Waals surface area contributed by atoms with Gasteiger partial charge in [-0.3, -0.25) is 15.2 Å². The van der Waals surface area contributed by atoms with E-state index in [2.05, 4.69) is 30.8 Å². The molecule has 3 aliphatic rings. The summed E-state index contributed by atoms with van der Waals surface area (Å²) in [5.74, 6) is 1.51. The van der Waals surface area contributed by atoms with Gasteiger partial charge in [-0.1, -0.05) is 6.07 Å². The average Bonchev–Trinajstić information content (AvgIpc) is 3.55. The summed E-state index contributed by atoms with van der Waals surface area (Å²) in [4.78, 5) is 30.2. The molecule has 3 fully saturated rings. The highest BCUT2D eigenvalue weighted by Crippen LogP contribution is 2.35. The topological polar surface area (TPSA) is 122 Å². The number of pyridine rings is 1. The minimum Gasteiger partial charge on any atom is -0.465 e. The fourth-order valence-corrected chi connectivity index (χ4v) is 6.23. The predicted octanol–water partition coefficient (Wildman–Crippen LogP) is 4.18. The van der Waals surface area contributed by atoms with Crippen molar-refractivity contribution in [3.63, 3.8) is 0 Å². The van der Waals surface area contributed by atoms with Crippen LogP contribution < -0.4 is 10.2 Å². The maximum atomic E-state index is 11.1. The lowest BCUT2D eigenvalue weighted by Crippen LogP contribution is -2.43. The van der Waals surface area contributed by atoms with Crippen LogP contribution in [0.5, 0.6) is 0 Å². The van der Waals surface area contributed by atoms with E-state index in [1.165, 1.54) is 5.56 Å². The van der Waals surface area contributed by atoms with Crippen molar-refractivity contribution in [2.75, 3.05) is 36.4 Å². The molecular formula is C29H32N8O3. The summed E-state index contributed by atoms with van der Waals surface area (Å²) in [5, 5.41) is 17.3. The number of piperidine rings is 1. The molecule has 0 spiro atoms. The van der Waals surface area contributed by atoms with E-state index in [9.17, 15) is 4.79 Å². The molecule has 2 bridgehead atoms. The summed E-state index contributed by atoms with van der Waals surface area (Å²) >= 11 is 0. The van der Waals surface area contributed by atoms with Gasteiger partial charge in [-0.05, 0) is 61.6 Å². The second-order valence-corrected chi connectivity index (χ2v) is 10.9. The molecule has 2 atom stereocenters. The Balaban J connectivity index is 1.20. The Bertz CT molecular complexity index is 1490. The molecule has 2 unspecified atom stereocenters. The quantitative estimate of drug-likeness (QED) is 0.371. The van der Waals surface area contributed by atoms with Gasteiger partial charge in [-0.25, -0.2) is 19.4 Å². The number of rotatable bonds is 6. The van der Waals surface area contributed by atoms with E-state index >= 15 is 0 Å². The van der Waals surface area contributed by atoms with Crippen LogP contribution in [0.3, 0.4) is 0 Å². The zero-order valence-electron chi connectivity index (χ0n) is 22.2. The van der Waals surface area contributed by atoms with Crippen molar-refractivity contribution in [1.82, 2.24) is 29.6 Å². The van der Waals surface area contributed by atoms with Crippen LogP contribution in [-0.4, -0.2) is 79.2 Å². The molecule has 0 radical (unpaired) electrons. The maximum Gasteiger partial charge on any atom is 0.409 e. The fraction of sp³-hybridized carbons (Fsp3) is 0.414. The summed E-state index contributed by atoms with van der Waals surface area (Å²) in [5.41, 5.74) is 3.41. The van der Waals surface area contributed by atoms with E-state index in [1.54, 1.807) is 12.1 Å². The molecule has 2 N–H and O–H groups in total. The largest absolute Gasteiger partial charge is 0.465 e. The minimum absolute atomic E-state index is 0.229. The molecule has 11 heteroatoms. The Hall–Kier alpha value is -4.09. The molecule has 1 amide bonds. The zero-order valence-corrected chi connectivity index (χ0v) is 22.2. The highest BCUT2D eigenvalue weighted by atomic mass is 16.5. The second-order valence-electron chi connectivity index (χ2n) is 10.9.